The molecule has 0 radical (unpaired) electrons. The predicted octanol–water partition coefficient (Wildman–Crippen LogP) is 3.27. The maximum atomic E-state index is 13.6. The van der Waals surface area contributed by atoms with Crippen LogP contribution < -0.4 is 20.5 Å². The lowest BCUT2D eigenvalue weighted by molar-refractivity contribution is -0.119. The van der Waals surface area contributed by atoms with Crippen LogP contribution in [0.1, 0.15) is 19.3 Å². The van der Waals surface area contributed by atoms with E-state index in [9.17, 15) is 14.4 Å². The first kappa shape index (κ1) is 21.4. The quantitative estimate of drug-likeness (QED) is 0.448. The number of carbonyl (C=O) groups excluding carboxylic acids is 2. The number of hydrogen-bond acceptors (Lipinski definition) is 5. The van der Waals surface area contributed by atoms with Gasteiger partial charge in [0.15, 0.2) is 5.82 Å². The number of carbonyl (C=O) groups is 2. The van der Waals surface area contributed by atoms with E-state index in [1.165, 1.54) is 9.25 Å². The van der Waals surface area contributed by atoms with Crippen LogP contribution in [0.15, 0.2) is 65.6 Å². The van der Waals surface area contributed by atoms with Crippen molar-refractivity contribution in [2.24, 2.45) is 0 Å². The molecule has 3 heterocycles. The van der Waals surface area contributed by atoms with E-state index in [1.54, 1.807) is 48.5 Å². The highest BCUT2D eigenvalue weighted by Crippen LogP contribution is 2.26. The molecule has 2 aromatic carbocycles. The minimum absolute atomic E-state index is 0.121. The fraction of sp³-hybridized carbons (Fsp3) is 0.200. The van der Waals surface area contributed by atoms with E-state index in [0.29, 0.717) is 53.2 Å². The van der Waals surface area contributed by atoms with Gasteiger partial charge >= 0.3 is 0 Å². The average Bonchev–Trinajstić information content (AvgIpc) is 3.24. The highest BCUT2D eigenvalue weighted by atomic mass is 16.5. The number of anilines is 2. The van der Waals surface area contributed by atoms with Gasteiger partial charge in [0, 0.05) is 30.5 Å². The summed E-state index contributed by atoms with van der Waals surface area (Å²) in [5.74, 6) is 1.09. The number of amides is 2. The van der Waals surface area contributed by atoms with E-state index in [-0.39, 0.29) is 11.5 Å². The maximum Gasteiger partial charge on any atom is 0.281 e. The van der Waals surface area contributed by atoms with Crippen LogP contribution in [0.5, 0.6) is 5.75 Å². The first-order valence-corrected chi connectivity index (χ1v) is 11.0. The molecule has 0 saturated carbocycles. The van der Waals surface area contributed by atoms with E-state index in [4.69, 9.17) is 4.74 Å². The van der Waals surface area contributed by atoms with Gasteiger partial charge in [-0.05, 0) is 67.4 Å². The fourth-order valence-corrected chi connectivity index (χ4v) is 4.27. The van der Waals surface area contributed by atoms with Gasteiger partial charge in [-0.3, -0.25) is 19.0 Å². The summed E-state index contributed by atoms with van der Waals surface area (Å²) in [4.78, 5) is 38.7. The average molecular weight is 457 g/mol. The van der Waals surface area contributed by atoms with Gasteiger partial charge in [-0.2, -0.15) is 0 Å². The SMILES string of the molecule is COc1ccc(-n2nc(NC=O)c3ccn(-c4ccc(N5CCCCC5=O)cc4)c(=O)c32)cc1. The van der Waals surface area contributed by atoms with E-state index in [0.717, 1.165) is 18.5 Å². The molecule has 9 heteroatoms. The summed E-state index contributed by atoms with van der Waals surface area (Å²) in [6, 6.07) is 16.2. The van der Waals surface area contributed by atoms with Crippen molar-refractivity contribution >= 4 is 34.7 Å². The van der Waals surface area contributed by atoms with Crippen molar-refractivity contribution in [3.05, 3.63) is 71.1 Å². The van der Waals surface area contributed by atoms with Crippen molar-refractivity contribution < 1.29 is 14.3 Å². The van der Waals surface area contributed by atoms with Gasteiger partial charge < -0.3 is 15.0 Å². The van der Waals surface area contributed by atoms with Crippen LogP contribution in [0.25, 0.3) is 22.3 Å². The zero-order valence-electron chi connectivity index (χ0n) is 18.6. The number of pyridine rings is 1. The molecule has 172 valence electrons. The lowest BCUT2D eigenvalue weighted by Gasteiger charge is -2.26. The Balaban J connectivity index is 1.60. The Labute approximate surface area is 195 Å². The molecule has 2 aromatic heterocycles. The lowest BCUT2D eigenvalue weighted by Crippen LogP contribution is -2.35. The molecule has 0 aliphatic carbocycles. The molecule has 0 bridgehead atoms. The maximum absolute atomic E-state index is 13.6. The van der Waals surface area contributed by atoms with Crippen molar-refractivity contribution in [1.82, 2.24) is 14.3 Å². The van der Waals surface area contributed by atoms with Crippen LogP contribution in [0.3, 0.4) is 0 Å². The molecular weight excluding hydrogens is 434 g/mol. The molecule has 1 aliphatic rings. The largest absolute Gasteiger partial charge is 0.497 e. The molecule has 5 rings (SSSR count). The Morgan fingerprint density at radius 3 is 2.32 bits per heavy atom. The molecule has 0 atom stereocenters. The molecule has 1 N–H and O–H groups in total. The molecule has 1 saturated heterocycles. The summed E-state index contributed by atoms with van der Waals surface area (Å²) in [6.45, 7) is 0.706. The first-order chi connectivity index (χ1) is 16.6. The summed E-state index contributed by atoms with van der Waals surface area (Å²) in [5, 5.41) is 7.56. The molecular formula is C25H23N5O4. The molecule has 1 aliphatic heterocycles. The normalized spacial score (nSPS) is 13.8. The smallest absolute Gasteiger partial charge is 0.281 e. The van der Waals surface area contributed by atoms with Gasteiger partial charge in [0.25, 0.3) is 5.56 Å². The highest BCUT2D eigenvalue weighted by molar-refractivity contribution is 5.95. The second-order valence-electron chi connectivity index (χ2n) is 7.99. The standard InChI is InChI=1S/C25H23N5O4/c1-34-20-11-9-19(10-12-20)30-23-21(24(27-30)26-16-31)13-15-29(25(23)33)18-7-5-17(6-8-18)28-14-3-2-4-22(28)32/h5-13,15-16H,2-4,14H2,1H3,(H,26,27,31). The van der Waals surface area contributed by atoms with Gasteiger partial charge in [0.2, 0.25) is 12.3 Å². The molecule has 0 spiro atoms. The lowest BCUT2D eigenvalue weighted by atomic mass is 10.1. The van der Waals surface area contributed by atoms with Crippen molar-refractivity contribution in [3.8, 4) is 17.1 Å². The van der Waals surface area contributed by atoms with E-state index >= 15 is 0 Å². The summed E-state index contributed by atoms with van der Waals surface area (Å²) in [6.07, 6.45) is 4.65. The third kappa shape index (κ3) is 3.71. The van der Waals surface area contributed by atoms with Gasteiger partial charge in [0.05, 0.1) is 18.2 Å². The molecule has 2 amide bonds. The van der Waals surface area contributed by atoms with E-state index in [2.05, 4.69) is 10.4 Å². The number of aromatic nitrogens is 3. The van der Waals surface area contributed by atoms with Crippen LogP contribution in [-0.4, -0.2) is 40.3 Å². The van der Waals surface area contributed by atoms with Crippen molar-refractivity contribution in [2.75, 3.05) is 23.9 Å². The third-order valence-electron chi connectivity index (χ3n) is 6.01. The second-order valence-corrected chi connectivity index (χ2v) is 7.99. The monoisotopic (exact) mass is 457 g/mol. The number of hydrogen-bond donors (Lipinski definition) is 1. The number of ether oxygens (including phenoxy) is 1. The Morgan fingerprint density at radius 2 is 1.65 bits per heavy atom. The molecule has 1 fully saturated rings. The van der Waals surface area contributed by atoms with Crippen LogP contribution in [0.4, 0.5) is 11.5 Å². The number of benzene rings is 2. The zero-order valence-corrected chi connectivity index (χ0v) is 18.6. The number of rotatable bonds is 6. The number of nitrogens with one attached hydrogen (secondary N) is 1. The summed E-state index contributed by atoms with van der Waals surface area (Å²) < 4.78 is 8.26. The first-order valence-electron chi connectivity index (χ1n) is 11.0. The van der Waals surface area contributed by atoms with Crippen molar-refractivity contribution in [3.63, 3.8) is 0 Å². The third-order valence-corrected chi connectivity index (χ3v) is 6.01. The van der Waals surface area contributed by atoms with Crippen LogP contribution in [0.2, 0.25) is 0 Å². The highest BCUT2D eigenvalue weighted by Gasteiger charge is 2.20. The predicted molar refractivity (Wildman–Crippen MR) is 129 cm³/mol. The Bertz CT molecular complexity index is 1420. The molecule has 34 heavy (non-hydrogen) atoms. The summed E-state index contributed by atoms with van der Waals surface area (Å²) >= 11 is 0. The van der Waals surface area contributed by atoms with Gasteiger partial charge in [-0.25, -0.2) is 4.68 Å². The Kier molecular flexibility index (Phi) is 5.59. The molecule has 9 nitrogen and oxygen atoms in total. The summed E-state index contributed by atoms with van der Waals surface area (Å²) in [5.41, 5.74) is 2.17. The molecule has 4 aromatic rings. The van der Waals surface area contributed by atoms with Gasteiger partial charge in [-0.1, -0.05) is 0 Å². The van der Waals surface area contributed by atoms with E-state index < -0.39 is 0 Å². The number of fused-ring (bicyclic) bond motifs is 1. The summed E-state index contributed by atoms with van der Waals surface area (Å²) in [7, 11) is 1.58. The topological polar surface area (TPSA) is 98.5 Å². The molecule has 0 unspecified atom stereocenters. The minimum atomic E-state index is -0.290. The van der Waals surface area contributed by atoms with Gasteiger partial charge in [0.1, 0.15) is 11.3 Å². The van der Waals surface area contributed by atoms with Crippen molar-refractivity contribution in [2.45, 2.75) is 19.3 Å². The van der Waals surface area contributed by atoms with E-state index in [1.807, 2.05) is 24.3 Å². The van der Waals surface area contributed by atoms with Gasteiger partial charge in [-0.15, -0.1) is 5.10 Å². The van der Waals surface area contributed by atoms with Crippen molar-refractivity contribution in [1.29, 1.82) is 0 Å². The van der Waals surface area contributed by atoms with Crippen LogP contribution in [-0.2, 0) is 9.59 Å². The Hall–Kier alpha value is -4.40. The number of nitrogens with zero attached hydrogens (tertiary/aromatic N) is 4. The number of piperidine rings is 1. The van der Waals surface area contributed by atoms with Crippen LogP contribution >= 0.6 is 0 Å². The zero-order chi connectivity index (χ0) is 23.7. The Morgan fingerprint density at radius 1 is 0.941 bits per heavy atom. The fourth-order valence-electron chi connectivity index (χ4n) is 4.27. The van der Waals surface area contributed by atoms with Crippen LogP contribution in [0, 0.1) is 0 Å². The second kappa shape index (κ2) is 8.86. The minimum Gasteiger partial charge on any atom is -0.497 e. The number of methoxy groups -OCH3 is 1.